The Balaban J connectivity index is 1.57. The number of fused-ring (bicyclic) bond motifs is 6. The summed E-state index contributed by atoms with van der Waals surface area (Å²) in [6, 6.07) is -0.0110. The number of hydrogen-bond donors (Lipinski definition) is 0. The molecule has 6 atom stereocenters. The first-order chi connectivity index (χ1) is 13.4. The number of carbonyl (C=O) groups excluding carboxylic acids is 2. The van der Waals surface area contributed by atoms with Crippen molar-refractivity contribution in [1.82, 2.24) is 4.90 Å². The van der Waals surface area contributed by atoms with Crippen LogP contribution in [-0.2, 0) is 9.59 Å². The van der Waals surface area contributed by atoms with E-state index in [4.69, 9.17) is 69.6 Å². The average Bonchev–Trinajstić information content (AvgIpc) is 3.01. The van der Waals surface area contributed by atoms with Crippen LogP contribution in [0, 0.1) is 23.2 Å². The molecule has 1 aliphatic heterocycles. The number of hydrogen-bond acceptors (Lipinski definition) is 2. The maximum absolute atomic E-state index is 13.5. The van der Waals surface area contributed by atoms with Crippen molar-refractivity contribution in [3.05, 3.63) is 10.1 Å². The highest BCUT2D eigenvalue weighted by atomic mass is 35.5. The number of carbonyl (C=O) groups is 2. The fourth-order valence-corrected chi connectivity index (χ4v) is 9.86. The first-order valence-corrected chi connectivity index (χ1v) is 12.4. The Bertz CT molecular complexity index is 854. The number of amides is 2. The summed E-state index contributed by atoms with van der Waals surface area (Å²) in [7, 11) is 0. The van der Waals surface area contributed by atoms with E-state index in [0.29, 0.717) is 12.8 Å². The Morgan fingerprint density at radius 2 is 1.45 bits per heavy atom. The van der Waals surface area contributed by atoms with E-state index in [2.05, 4.69) is 0 Å². The third-order valence-electron chi connectivity index (χ3n) is 8.34. The summed E-state index contributed by atoms with van der Waals surface area (Å²) in [6.07, 6.45) is 5.71. The van der Waals surface area contributed by atoms with Gasteiger partial charge in [0.1, 0.15) is 9.75 Å². The Kier molecular flexibility index (Phi) is 4.70. The van der Waals surface area contributed by atoms with E-state index in [9.17, 15) is 9.59 Å². The topological polar surface area (TPSA) is 37.4 Å². The van der Waals surface area contributed by atoms with Gasteiger partial charge in [0.05, 0.1) is 21.4 Å². The molecule has 0 aromatic heterocycles. The number of rotatable bonds is 1. The standard InChI is InChI=1S/C20H21Cl6NO2/c1-17-8-12-10(18(23)13(21)14(22)19(12,24)20(18,25)26)7-11(17)15(28)27(16(17)29)9-5-3-2-4-6-9/h9-12H,2-8H2,1H3. The summed E-state index contributed by atoms with van der Waals surface area (Å²) in [5, 5.41) is 0.316. The van der Waals surface area contributed by atoms with Gasteiger partial charge in [-0.05, 0) is 44.4 Å². The fraction of sp³-hybridized carbons (Fsp3) is 0.800. The monoisotopic (exact) mass is 517 g/mol. The molecule has 0 aromatic carbocycles. The molecule has 4 aliphatic carbocycles. The third kappa shape index (κ3) is 2.22. The van der Waals surface area contributed by atoms with Gasteiger partial charge in [-0.1, -0.05) is 65.7 Å². The molecule has 0 radical (unpaired) electrons. The first kappa shape index (κ1) is 21.5. The molecule has 0 N–H and O–H groups in total. The fourth-order valence-electron chi connectivity index (χ4n) is 6.77. The number of nitrogens with zero attached hydrogens (tertiary/aromatic N) is 1. The summed E-state index contributed by atoms with van der Waals surface area (Å²) in [5.74, 6) is -1.37. The van der Waals surface area contributed by atoms with Crippen molar-refractivity contribution in [3.8, 4) is 0 Å². The molecular formula is C20H21Cl6NO2. The van der Waals surface area contributed by atoms with E-state index < -0.39 is 25.4 Å². The average molecular weight is 520 g/mol. The molecule has 0 spiro atoms. The van der Waals surface area contributed by atoms with Crippen molar-refractivity contribution in [2.75, 3.05) is 0 Å². The van der Waals surface area contributed by atoms with Crippen LogP contribution in [0.3, 0.4) is 0 Å². The lowest BCUT2D eigenvalue weighted by molar-refractivity contribution is -0.145. The number of likely N-dealkylation sites (tertiary alicyclic amines) is 1. The van der Waals surface area contributed by atoms with Gasteiger partial charge in [0.15, 0.2) is 4.33 Å². The van der Waals surface area contributed by atoms with Gasteiger partial charge in [0.25, 0.3) is 0 Å². The lowest BCUT2D eigenvalue weighted by Gasteiger charge is -2.46. The van der Waals surface area contributed by atoms with Gasteiger partial charge in [-0.2, -0.15) is 0 Å². The van der Waals surface area contributed by atoms with Gasteiger partial charge in [0, 0.05) is 6.04 Å². The molecule has 5 aliphatic rings. The normalized spacial score (nSPS) is 49.1. The minimum absolute atomic E-state index is 0.0110. The predicted molar refractivity (Wildman–Crippen MR) is 117 cm³/mol. The summed E-state index contributed by atoms with van der Waals surface area (Å²) in [5.41, 5.74) is -0.858. The van der Waals surface area contributed by atoms with Crippen LogP contribution in [-0.4, -0.2) is 36.8 Å². The summed E-state index contributed by atoms with van der Waals surface area (Å²) >= 11 is 40.4. The quantitative estimate of drug-likeness (QED) is 0.306. The third-order valence-corrected chi connectivity index (χ3v) is 12.7. The Morgan fingerprint density at radius 1 is 0.897 bits per heavy atom. The second kappa shape index (κ2) is 6.35. The van der Waals surface area contributed by atoms with Gasteiger partial charge in [-0.3, -0.25) is 14.5 Å². The maximum Gasteiger partial charge on any atom is 0.236 e. The largest absolute Gasteiger partial charge is 0.279 e. The highest BCUT2D eigenvalue weighted by Gasteiger charge is 2.84. The van der Waals surface area contributed by atoms with E-state index in [1.54, 1.807) is 4.90 Å². The number of alkyl halides is 4. The van der Waals surface area contributed by atoms with E-state index in [0.717, 1.165) is 32.1 Å². The Labute approximate surface area is 200 Å². The summed E-state index contributed by atoms with van der Waals surface area (Å²) in [4.78, 5) is 25.8. The molecule has 2 amide bonds. The molecule has 1 saturated heterocycles. The lowest BCUT2D eigenvalue weighted by atomic mass is 9.58. The smallest absolute Gasteiger partial charge is 0.236 e. The van der Waals surface area contributed by atoms with E-state index in [1.165, 1.54) is 0 Å². The van der Waals surface area contributed by atoms with Crippen LogP contribution in [0.15, 0.2) is 10.1 Å². The summed E-state index contributed by atoms with van der Waals surface area (Å²) in [6.45, 7) is 1.87. The van der Waals surface area contributed by atoms with E-state index >= 15 is 0 Å². The van der Waals surface area contributed by atoms with Crippen LogP contribution >= 0.6 is 69.6 Å². The van der Waals surface area contributed by atoms with Crippen molar-refractivity contribution in [1.29, 1.82) is 0 Å². The van der Waals surface area contributed by atoms with Gasteiger partial charge in [-0.15, -0.1) is 23.2 Å². The second-order valence-corrected chi connectivity index (χ2v) is 12.8. The number of allylic oxidation sites excluding steroid dienone is 2. The van der Waals surface area contributed by atoms with Crippen LogP contribution in [0.4, 0.5) is 0 Å². The molecule has 5 rings (SSSR count). The molecule has 1 heterocycles. The highest BCUT2D eigenvalue weighted by Crippen LogP contribution is 2.80. The molecule has 0 aromatic rings. The number of halogens is 6. The Morgan fingerprint density at radius 3 is 2.03 bits per heavy atom. The minimum atomic E-state index is -1.63. The van der Waals surface area contributed by atoms with E-state index in [-0.39, 0.29) is 39.8 Å². The molecule has 29 heavy (non-hydrogen) atoms. The first-order valence-electron chi connectivity index (χ1n) is 10.1. The van der Waals surface area contributed by atoms with Crippen molar-refractivity contribution in [2.45, 2.75) is 72.0 Å². The van der Waals surface area contributed by atoms with Crippen LogP contribution in [0.2, 0.25) is 0 Å². The zero-order valence-corrected chi connectivity index (χ0v) is 20.3. The highest BCUT2D eigenvalue weighted by molar-refractivity contribution is 6.65. The van der Waals surface area contributed by atoms with Gasteiger partial charge >= 0.3 is 0 Å². The van der Waals surface area contributed by atoms with Crippen molar-refractivity contribution in [2.24, 2.45) is 23.2 Å². The lowest BCUT2D eigenvalue weighted by Crippen LogP contribution is -2.49. The SMILES string of the molecule is CC12CC3C(CC1C(=O)N(C1CCCCC1)C2=O)C1(Cl)C(Cl)=C(Cl)C3(Cl)C1(Cl)Cl. The molecule has 160 valence electrons. The molecular weight excluding hydrogens is 499 g/mol. The second-order valence-electron chi connectivity index (χ2n) is 9.55. The van der Waals surface area contributed by atoms with Gasteiger partial charge in [0.2, 0.25) is 11.8 Å². The molecule has 3 saturated carbocycles. The zero-order chi connectivity index (χ0) is 21.1. The number of imide groups is 1. The Hall–Kier alpha value is 0.620. The van der Waals surface area contributed by atoms with Gasteiger partial charge < -0.3 is 0 Å². The van der Waals surface area contributed by atoms with Crippen LogP contribution in [0.25, 0.3) is 0 Å². The molecule has 6 unspecified atom stereocenters. The molecule has 4 fully saturated rings. The van der Waals surface area contributed by atoms with Crippen LogP contribution in [0.1, 0.15) is 51.9 Å². The van der Waals surface area contributed by atoms with Crippen molar-refractivity contribution >= 4 is 81.4 Å². The zero-order valence-electron chi connectivity index (χ0n) is 15.8. The molecule has 2 bridgehead atoms. The van der Waals surface area contributed by atoms with Gasteiger partial charge in [-0.25, -0.2) is 0 Å². The maximum atomic E-state index is 13.5. The van der Waals surface area contributed by atoms with Crippen LogP contribution in [0.5, 0.6) is 0 Å². The molecule has 9 heteroatoms. The predicted octanol–water partition coefficient (Wildman–Crippen LogP) is 6.18. The molecule has 3 nitrogen and oxygen atoms in total. The van der Waals surface area contributed by atoms with Crippen molar-refractivity contribution in [3.63, 3.8) is 0 Å². The van der Waals surface area contributed by atoms with Crippen LogP contribution < -0.4 is 0 Å². The minimum Gasteiger partial charge on any atom is -0.279 e. The van der Waals surface area contributed by atoms with E-state index in [1.807, 2.05) is 6.92 Å². The van der Waals surface area contributed by atoms with Crippen molar-refractivity contribution < 1.29 is 9.59 Å². The summed E-state index contributed by atoms with van der Waals surface area (Å²) < 4.78 is -1.63.